The topological polar surface area (TPSA) is 82.8 Å². The van der Waals surface area contributed by atoms with Gasteiger partial charge in [-0.05, 0) is 23.8 Å². The third-order valence-corrected chi connectivity index (χ3v) is 6.37. The van der Waals surface area contributed by atoms with Crippen molar-refractivity contribution in [1.82, 2.24) is 0 Å². The van der Waals surface area contributed by atoms with Gasteiger partial charge in [-0.15, -0.1) is 0 Å². The predicted molar refractivity (Wildman–Crippen MR) is 102 cm³/mol. The molecule has 0 spiro atoms. The minimum Gasteiger partial charge on any atom is -0.492 e. The summed E-state index contributed by atoms with van der Waals surface area (Å²) in [5.41, 5.74) is 1.98. The monoisotopic (exact) mass is 398 g/mol. The molecule has 0 atom stereocenters. The van der Waals surface area contributed by atoms with Crippen molar-refractivity contribution in [2.75, 3.05) is 13.7 Å². The van der Waals surface area contributed by atoms with Gasteiger partial charge in [-0.2, -0.15) is 0 Å². The fourth-order valence-corrected chi connectivity index (χ4v) is 4.76. The Morgan fingerprint density at radius 3 is 2.61 bits per heavy atom. The van der Waals surface area contributed by atoms with E-state index in [9.17, 15) is 13.2 Å². The van der Waals surface area contributed by atoms with Gasteiger partial charge >= 0.3 is 5.97 Å². The van der Waals surface area contributed by atoms with Gasteiger partial charge in [0.25, 0.3) is 0 Å². The lowest BCUT2D eigenvalue weighted by Crippen LogP contribution is -2.14. The van der Waals surface area contributed by atoms with Crippen LogP contribution in [0.2, 0.25) is 0 Å². The zero-order valence-corrected chi connectivity index (χ0v) is 16.0. The summed E-state index contributed by atoms with van der Waals surface area (Å²) in [6.07, 6.45) is 2.14. The van der Waals surface area contributed by atoms with Crippen LogP contribution in [0.1, 0.15) is 21.7 Å². The van der Waals surface area contributed by atoms with Crippen LogP contribution >= 0.6 is 0 Å². The van der Waals surface area contributed by atoms with Crippen molar-refractivity contribution in [3.63, 3.8) is 0 Å². The first kappa shape index (κ1) is 18.3. The molecule has 0 unspecified atom stereocenters. The summed E-state index contributed by atoms with van der Waals surface area (Å²) < 4.78 is 42.0. The smallest absolute Gasteiger partial charge is 0.341 e. The van der Waals surface area contributed by atoms with E-state index in [1.807, 2.05) is 6.07 Å². The summed E-state index contributed by atoms with van der Waals surface area (Å²) >= 11 is 0. The minimum atomic E-state index is -3.64. The van der Waals surface area contributed by atoms with Crippen LogP contribution in [0, 0.1) is 0 Å². The average molecular weight is 398 g/mol. The largest absolute Gasteiger partial charge is 0.492 e. The van der Waals surface area contributed by atoms with Crippen molar-refractivity contribution >= 4 is 15.8 Å². The van der Waals surface area contributed by atoms with E-state index in [-0.39, 0.29) is 16.2 Å². The molecule has 0 radical (unpaired) electrons. The van der Waals surface area contributed by atoms with Crippen molar-refractivity contribution in [3.8, 4) is 16.9 Å². The van der Waals surface area contributed by atoms with Gasteiger partial charge in [-0.25, -0.2) is 13.2 Å². The molecule has 0 saturated carbocycles. The van der Waals surface area contributed by atoms with Crippen LogP contribution in [0.25, 0.3) is 11.1 Å². The second-order valence-corrected chi connectivity index (χ2v) is 8.39. The van der Waals surface area contributed by atoms with Crippen LogP contribution in [-0.4, -0.2) is 28.1 Å². The van der Waals surface area contributed by atoms with E-state index < -0.39 is 15.8 Å². The number of fused-ring (bicyclic) bond motifs is 3. The first-order valence-electron chi connectivity index (χ1n) is 8.73. The van der Waals surface area contributed by atoms with Gasteiger partial charge in [0, 0.05) is 17.5 Å². The number of ether oxygens (including phenoxy) is 2. The number of methoxy groups -OCH3 is 1. The van der Waals surface area contributed by atoms with Crippen molar-refractivity contribution in [2.45, 2.75) is 17.1 Å². The van der Waals surface area contributed by atoms with Gasteiger partial charge in [0.05, 0.1) is 30.6 Å². The Morgan fingerprint density at radius 1 is 1.07 bits per heavy atom. The number of carbonyl (C=O) groups excluding carboxylic acids is 1. The average Bonchev–Trinajstić information content (AvgIpc) is 3.09. The van der Waals surface area contributed by atoms with Crippen molar-refractivity contribution in [1.29, 1.82) is 0 Å². The van der Waals surface area contributed by atoms with E-state index >= 15 is 0 Å². The molecular formula is C21H18O6S. The highest BCUT2D eigenvalue weighted by molar-refractivity contribution is 7.90. The molecule has 28 heavy (non-hydrogen) atoms. The van der Waals surface area contributed by atoms with Gasteiger partial charge in [-0.1, -0.05) is 30.3 Å². The second kappa shape index (κ2) is 7.16. The quantitative estimate of drug-likeness (QED) is 0.624. The fraction of sp³-hybridized carbons (Fsp3) is 0.190. The van der Waals surface area contributed by atoms with E-state index in [2.05, 4.69) is 0 Å². The number of hydrogen-bond acceptors (Lipinski definition) is 6. The molecule has 0 amide bonds. The third kappa shape index (κ3) is 3.18. The van der Waals surface area contributed by atoms with Crippen LogP contribution in [0.5, 0.6) is 5.75 Å². The summed E-state index contributed by atoms with van der Waals surface area (Å²) in [5, 5.41) is 0. The zero-order valence-electron chi connectivity index (χ0n) is 15.2. The molecule has 0 N–H and O–H groups in total. The SMILES string of the molecule is COC(=O)c1c(CS(=O)(=O)c2ccccc2)ccc2c1OCCc1occc1-2. The molecule has 3 aromatic rings. The summed E-state index contributed by atoms with van der Waals surface area (Å²) in [4.78, 5) is 12.8. The van der Waals surface area contributed by atoms with Crippen molar-refractivity contribution in [3.05, 3.63) is 71.7 Å². The Labute approximate surface area is 162 Å². The molecule has 1 aliphatic heterocycles. The van der Waals surface area contributed by atoms with E-state index in [0.29, 0.717) is 29.9 Å². The predicted octanol–water partition coefficient (Wildman–Crippen LogP) is 3.64. The summed E-state index contributed by atoms with van der Waals surface area (Å²) in [6, 6.07) is 13.3. The molecule has 2 heterocycles. The normalized spacial score (nSPS) is 13.0. The lowest BCUT2D eigenvalue weighted by atomic mass is 9.98. The Hall–Kier alpha value is -3.06. The highest BCUT2D eigenvalue weighted by Gasteiger charge is 2.29. The van der Waals surface area contributed by atoms with Crippen molar-refractivity contribution < 1.29 is 27.1 Å². The van der Waals surface area contributed by atoms with Gasteiger partial charge in [0.1, 0.15) is 17.1 Å². The Balaban J connectivity index is 1.86. The third-order valence-electron chi connectivity index (χ3n) is 4.69. The molecule has 1 aliphatic rings. The summed E-state index contributed by atoms with van der Waals surface area (Å²) in [6.45, 7) is 0.312. The van der Waals surface area contributed by atoms with Crippen LogP contribution < -0.4 is 4.74 Å². The highest BCUT2D eigenvalue weighted by Crippen LogP contribution is 2.40. The number of benzene rings is 2. The molecule has 1 aromatic heterocycles. The highest BCUT2D eigenvalue weighted by atomic mass is 32.2. The fourth-order valence-electron chi connectivity index (χ4n) is 3.37. The summed E-state index contributed by atoms with van der Waals surface area (Å²) in [5.74, 6) is 0.116. The van der Waals surface area contributed by atoms with Gasteiger partial charge in [0.15, 0.2) is 9.84 Å². The molecule has 0 bridgehead atoms. The maximum absolute atomic E-state index is 12.8. The first-order valence-corrected chi connectivity index (χ1v) is 10.4. The maximum atomic E-state index is 12.8. The number of hydrogen-bond donors (Lipinski definition) is 0. The first-order chi connectivity index (χ1) is 13.5. The number of rotatable bonds is 4. The molecule has 4 rings (SSSR count). The van der Waals surface area contributed by atoms with Crippen molar-refractivity contribution in [2.24, 2.45) is 0 Å². The molecule has 144 valence electrons. The number of carbonyl (C=O) groups is 1. The molecule has 0 saturated heterocycles. The molecule has 2 aromatic carbocycles. The standard InChI is InChI=1S/C21H18O6S/c1-25-21(22)19-14(13-28(23,24)15-5-3-2-4-6-15)7-8-17-16-9-11-26-18(16)10-12-27-20(17)19/h2-9,11H,10,12-13H2,1H3. The van der Waals surface area contributed by atoms with Gasteiger partial charge < -0.3 is 13.9 Å². The molecule has 7 heteroatoms. The molecule has 6 nitrogen and oxygen atoms in total. The number of esters is 1. The maximum Gasteiger partial charge on any atom is 0.341 e. The molecular weight excluding hydrogens is 380 g/mol. The molecule has 0 fully saturated rings. The zero-order chi connectivity index (χ0) is 19.7. The lowest BCUT2D eigenvalue weighted by Gasteiger charge is -2.16. The minimum absolute atomic E-state index is 0.133. The van der Waals surface area contributed by atoms with E-state index in [1.165, 1.54) is 19.2 Å². The van der Waals surface area contributed by atoms with E-state index in [1.54, 1.807) is 36.6 Å². The second-order valence-electron chi connectivity index (χ2n) is 6.40. The van der Waals surface area contributed by atoms with Gasteiger partial charge in [0.2, 0.25) is 0 Å². The van der Waals surface area contributed by atoms with Gasteiger partial charge in [-0.3, -0.25) is 0 Å². The number of furan rings is 1. The van der Waals surface area contributed by atoms with Crippen LogP contribution in [0.4, 0.5) is 0 Å². The van der Waals surface area contributed by atoms with Crippen LogP contribution in [-0.2, 0) is 26.7 Å². The van der Waals surface area contributed by atoms with E-state index in [4.69, 9.17) is 13.9 Å². The van der Waals surface area contributed by atoms with Crippen LogP contribution in [0.15, 0.2) is 64.1 Å². The Morgan fingerprint density at radius 2 is 1.86 bits per heavy atom. The number of sulfone groups is 1. The Bertz CT molecular complexity index is 1130. The van der Waals surface area contributed by atoms with Crippen LogP contribution in [0.3, 0.4) is 0 Å². The van der Waals surface area contributed by atoms with E-state index in [0.717, 1.165) is 11.3 Å². The summed E-state index contributed by atoms with van der Waals surface area (Å²) in [7, 11) is -2.38. The lowest BCUT2D eigenvalue weighted by molar-refractivity contribution is 0.0595. The molecule has 0 aliphatic carbocycles. The Kier molecular flexibility index (Phi) is 4.68.